The molecule has 2 heterocycles. The van der Waals surface area contributed by atoms with Gasteiger partial charge >= 0.3 is 0 Å². The van der Waals surface area contributed by atoms with Crippen molar-refractivity contribution in [2.45, 2.75) is 52.9 Å². The normalized spacial score (nSPS) is 11.4. The monoisotopic (exact) mass is 399 g/mol. The molecule has 0 saturated heterocycles. The second-order valence-corrected chi connectivity index (χ2v) is 8.50. The number of nitrogens with zero attached hydrogens (tertiary/aromatic N) is 4. The van der Waals surface area contributed by atoms with Crippen LogP contribution in [0.4, 0.5) is 5.13 Å². The zero-order valence-corrected chi connectivity index (χ0v) is 17.4. The summed E-state index contributed by atoms with van der Waals surface area (Å²) in [6.45, 7) is 8.55. The van der Waals surface area contributed by atoms with Crippen molar-refractivity contribution in [2.24, 2.45) is 5.92 Å². The molecule has 148 valence electrons. The molecule has 1 amide bonds. The van der Waals surface area contributed by atoms with Crippen molar-refractivity contribution in [3.8, 4) is 11.4 Å². The van der Waals surface area contributed by atoms with Crippen LogP contribution in [0.5, 0.6) is 0 Å². The molecule has 0 spiro atoms. The van der Waals surface area contributed by atoms with Crippen LogP contribution in [0.2, 0.25) is 0 Å². The van der Waals surface area contributed by atoms with E-state index >= 15 is 0 Å². The number of benzene rings is 1. The fourth-order valence-electron chi connectivity index (χ4n) is 2.63. The van der Waals surface area contributed by atoms with Gasteiger partial charge in [-0.25, -0.2) is 0 Å². The predicted molar refractivity (Wildman–Crippen MR) is 109 cm³/mol. The minimum atomic E-state index is -0.145. The molecule has 7 nitrogen and oxygen atoms in total. The second kappa shape index (κ2) is 9.05. The van der Waals surface area contributed by atoms with Crippen LogP contribution in [-0.2, 0) is 17.6 Å². The van der Waals surface area contributed by atoms with Gasteiger partial charge in [0.2, 0.25) is 22.8 Å². The SMILES string of the molecule is CC(C)Cc1nnc(NC(=O)CCc2nc(-c3ccc(C(C)C)cc3)no2)s1. The Morgan fingerprint density at radius 2 is 1.89 bits per heavy atom. The predicted octanol–water partition coefficient (Wildman–Crippen LogP) is 4.48. The number of aromatic nitrogens is 4. The Bertz CT molecular complexity index is 915. The highest BCUT2D eigenvalue weighted by Gasteiger charge is 2.13. The first-order valence-electron chi connectivity index (χ1n) is 9.46. The summed E-state index contributed by atoms with van der Waals surface area (Å²) in [7, 11) is 0. The van der Waals surface area contributed by atoms with Crippen LogP contribution < -0.4 is 5.32 Å². The maximum atomic E-state index is 12.1. The van der Waals surface area contributed by atoms with Crippen LogP contribution in [0.15, 0.2) is 28.8 Å². The van der Waals surface area contributed by atoms with Crippen molar-refractivity contribution in [1.29, 1.82) is 0 Å². The molecule has 0 saturated carbocycles. The number of rotatable bonds is 8. The molecular formula is C20H25N5O2S. The van der Waals surface area contributed by atoms with E-state index in [9.17, 15) is 4.79 Å². The molecule has 3 aromatic rings. The summed E-state index contributed by atoms with van der Waals surface area (Å²) >= 11 is 1.41. The van der Waals surface area contributed by atoms with Crippen LogP contribution in [0.1, 0.15) is 56.5 Å². The molecule has 0 unspecified atom stereocenters. The topological polar surface area (TPSA) is 93.8 Å². The second-order valence-electron chi connectivity index (χ2n) is 7.44. The van der Waals surface area contributed by atoms with E-state index in [0.29, 0.717) is 35.1 Å². The molecule has 0 radical (unpaired) electrons. The van der Waals surface area contributed by atoms with Gasteiger partial charge in [0.15, 0.2) is 0 Å². The summed E-state index contributed by atoms with van der Waals surface area (Å²) < 4.78 is 5.28. The third kappa shape index (κ3) is 5.45. The van der Waals surface area contributed by atoms with E-state index in [2.05, 4.69) is 65.5 Å². The lowest BCUT2D eigenvalue weighted by Gasteiger charge is -2.04. The lowest BCUT2D eigenvalue weighted by Crippen LogP contribution is -2.12. The third-order valence-electron chi connectivity index (χ3n) is 4.17. The van der Waals surface area contributed by atoms with Crippen LogP contribution in [0.25, 0.3) is 11.4 Å². The smallest absolute Gasteiger partial charge is 0.227 e. The van der Waals surface area contributed by atoms with Crippen molar-refractivity contribution in [2.75, 3.05) is 5.32 Å². The summed E-state index contributed by atoms with van der Waals surface area (Å²) in [5.74, 6) is 1.81. The van der Waals surface area contributed by atoms with Gasteiger partial charge in [-0.15, -0.1) is 10.2 Å². The number of carbonyl (C=O) groups is 1. The van der Waals surface area contributed by atoms with Gasteiger partial charge in [0.25, 0.3) is 0 Å². The quantitative estimate of drug-likeness (QED) is 0.600. The first-order chi connectivity index (χ1) is 13.4. The number of nitrogens with one attached hydrogen (secondary N) is 1. The van der Waals surface area contributed by atoms with E-state index < -0.39 is 0 Å². The van der Waals surface area contributed by atoms with Gasteiger partial charge in [-0.2, -0.15) is 4.98 Å². The largest absolute Gasteiger partial charge is 0.339 e. The Balaban J connectivity index is 1.52. The lowest BCUT2D eigenvalue weighted by molar-refractivity contribution is -0.116. The number of aryl methyl sites for hydroxylation is 1. The molecule has 1 aromatic carbocycles. The standard InChI is InChI=1S/C20H25N5O2S/c1-12(2)11-18-23-24-20(28-18)21-16(26)9-10-17-22-19(25-27-17)15-7-5-14(6-8-15)13(3)4/h5-8,12-13H,9-11H2,1-4H3,(H,21,24,26). The van der Waals surface area contributed by atoms with E-state index in [0.717, 1.165) is 17.0 Å². The molecule has 1 N–H and O–H groups in total. The van der Waals surface area contributed by atoms with Crippen molar-refractivity contribution in [1.82, 2.24) is 20.3 Å². The molecule has 0 fully saturated rings. The minimum absolute atomic E-state index is 0.145. The maximum Gasteiger partial charge on any atom is 0.227 e. The highest BCUT2D eigenvalue weighted by atomic mass is 32.1. The summed E-state index contributed by atoms with van der Waals surface area (Å²) in [5, 5.41) is 16.4. The number of amides is 1. The highest BCUT2D eigenvalue weighted by Crippen LogP contribution is 2.21. The maximum absolute atomic E-state index is 12.1. The van der Waals surface area contributed by atoms with Gasteiger partial charge in [-0.05, 0) is 17.4 Å². The zero-order chi connectivity index (χ0) is 20.1. The van der Waals surface area contributed by atoms with E-state index in [-0.39, 0.29) is 12.3 Å². The van der Waals surface area contributed by atoms with Crippen molar-refractivity contribution >= 4 is 22.4 Å². The Morgan fingerprint density at radius 1 is 1.14 bits per heavy atom. The van der Waals surface area contributed by atoms with Crippen LogP contribution in [0, 0.1) is 5.92 Å². The van der Waals surface area contributed by atoms with E-state index in [1.165, 1.54) is 16.9 Å². The van der Waals surface area contributed by atoms with Gasteiger partial charge in [0.1, 0.15) is 5.01 Å². The Labute approximate surface area is 168 Å². The summed E-state index contributed by atoms with van der Waals surface area (Å²) in [6, 6.07) is 8.11. The summed E-state index contributed by atoms with van der Waals surface area (Å²) in [6.07, 6.45) is 1.48. The highest BCUT2D eigenvalue weighted by molar-refractivity contribution is 7.15. The number of hydrogen-bond donors (Lipinski definition) is 1. The van der Waals surface area contributed by atoms with Gasteiger partial charge < -0.3 is 9.84 Å². The van der Waals surface area contributed by atoms with Gasteiger partial charge in [-0.3, -0.25) is 4.79 Å². The molecule has 0 bridgehead atoms. The molecule has 8 heteroatoms. The zero-order valence-electron chi connectivity index (χ0n) is 16.6. The molecule has 0 aliphatic carbocycles. The van der Waals surface area contributed by atoms with Crippen LogP contribution >= 0.6 is 11.3 Å². The molecule has 0 atom stereocenters. The molecule has 28 heavy (non-hydrogen) atoms. The van der Waals surface area contributed by atoms with E-state index in [1.807, 2.05) is 12.1 Å². The van der Waals surface area contributed by atoms with E-state index in [4.69, 9.17) is 4.52 Å². The van der Waals surface area contributed by atoms with Crippen molar-refractivity contribution < 1.29 is 9.32 Å². The Hall–Kier alpha value is -2.61. The van der Waals surface area contributed by atoms with Crippen molar-refractivity contribution in [3.63, 3.8) is 0 Å². The first kappa shape index (κ1) is 20.1. The fraction of sp³-hybridized carbons (Fsp3) is 0.450. The number of hydrogen-bond acceptors (Lipinski definition) is 7. The molecule has 0 aliphatic rings. The average Bonchev–Trinajstić information content (AvgIpc) is 3.29. The Morgan fingerprint density at radius 3 is 2.57 bits per heavy atom. The fourth-order valence-corrected chi connectivity index (χ4v) is 3.60. The Kier molecular flexibility index (Phi) is 6.51. The van der Waals surface area contributed by atoms with Crippen LogP contribution in [-0.4, -0.2) is 26.2 Å². The van der Waals surface area contributed by atoms with E-state index in [1.54, 1.807) is 0 Å². The summed E-state index contributed by atoms with van der Waals surface area (Å²) in [5.41, 5.74) is 2.16. The average molecular weight is 400 g/mol. The first-order valence-corrected chi connectivity index (χ1v) is 10.3. The third-order valence-corrected chi connectivity index (χ3v) is 5.03. The molecule has 0 aliphatic heterocycles. The molecular weight excluding hydrogens is 374 g/mol. The van der Waals surface area contributed by atoms with Crippen molar-refractivity contribution in [3.05, 3.63) is 40.7 Å². The number of carbonyl (C=O) groups excluding carboxylic acids is 1. The van der Waals surface area contributed by atoms with Crippen LogP contribution in [0.3, 0.4) is 0 Å². The van der Waals surface area contributed by atoms with Gasteiger partial charge in [-0.1, -0.05) is 68.5 Å². The number of anilines is 1. The van der Waals surface area contributed by atoms with Gasteiger partial charge in [0.05, 0.1) is 0 Å². The summed E-state index contributed by atoms with van der Waals surface area (Å²) in [4.78, 5) is 16.5. The molecule has 3 rings (SSSR count). The molecule has 2 aromatic heterocycles. The lowest BCUT2D eigenvalue weighted by atomic mass is 10.0. The minimum Gasteiger partial charge on any atom is -0.339 e. The van der Waals surface area contributed by atoms with Gasteiger partial charge in [0, 0.05) is 24.8 Å².